The van der Waals surface area contributed by atoms with Gasteiger partial charge in [0.05, 0.1) is 0 Å². The highest BCUT2D eigenvalue weighted by Gasteiger charge is 2.46. The van der Waals surface area contributed by atoms with Gasteiger partial charge in [-0.3, -0.25) is 0 Å². The largest absolute Gasteiger partial charge is 0.478 e. The Kier molecular flexibility index (Phi) is 6.79. The van der Waals surface area contributed by atoms with Crippen LogP contribution in [0.5, 0.6) is 6.01 Å². The molecule has 0 radical (unpaired) electrons. The van der Waals surface area contributed by atoms with Gasteiger partial charge in [-0.15, -0.1) is 0 Å². The van der Waals surface area contributed by atoms with Gasteiger partial charge in [-0.2, -0.15) is 0 Å². The topological polar surface area (TPSA) is 81.5 Å². The van der Waals surface area contributed by atoms with Gasteiger partial charge in [0.1, 0.15) is 5.60 Å². The lowest BCUT2D eigenvalue weighted by atomic mass is 9.83. The minimum atomic E-state index is -1.32. The first-order valence-corrected chi connectivity index (χ1v) is 9.76. The molecule has 0 aliphatic heterocycles. The maximum absolute atomic E-state index is 12.4. The van der Waals surface area contributed by atoms with Crippen molar-refractivity contribution in [3.63, 3.8) is 0 Å². The van der Waals surface area contributed by atoms with E-state index in [1.165, 1.54) is 7.11 Å². The van der Waals surface area contributed by atoms with Gasteiger partial charge in [0.2, 0.25) is 6.10 Å². The summed E-state index contributed by atoms with van der Waals surface area (Å²) >= 11 is 0. The lowest BCUT2D eigenvalue weighted by Gasteiger charge is -2.37. The van der Waals surface area contributed by atoms with E-state index in [4.69, 9.17) is 9.47 Å². The number of carboxylic acids is 1. The first kappa shape index (κ1) is 21.5. The van der Waals surface area contributed by atoms with E-state index < -0.39 is 17.7 Å². The van der Waals surface area contributed by atoms with E-state index in [1.54, 1.807) is 6.07 Å². The summed E-state index contributed by atoms with van der Waals surface area (Å²) in [5, 5.41) is 10.1. The van der Waals surface area contributed by atoms with Gasteiger partial charge in [0.15, 0.2) is 0 Å². The minimum Gasteiger partial charge on any atom is -0.478 e. The molecular weight excluding hydrogens is 380 g/mol. The molecule has 0 aliphatic carbocycles. The normalized spacial score (nSPS) is 12.4. The molecule has 3 aromatic rings. The molecule has 6 heteroatoms. The van der Waals surface area contributed by atoms with Crippen molar-refractivity contribution >= 4 is 5.97 Å². The molecule has 1 heterocycles. The fourth-order valence-electron chi connectivity index (χ4n) is 3.62. The maximum Gasteiger partial charge on any atom is 0.348 e. The number of aryl methyl sites for hydroxylation is 2. The average Bonchev–Trinajstić information content (AvgIpc) is 2.72. The molecule has 1 aromatic heterocycles. The fraction of sp³-hybridized carbons (Fsp3) is 0.292. The van der Waals surface area contributed by atoms with Crippen LogP contribution >= 0.6 is 0 Å². The first-order chi connectivity index (χ1) is 14.4. The van der Waals surface area contributed by atoms with Gasteiger partial charge < -0.3 is 14.6 Å². The van der Waals surface area contributed by atoms with Crippen molar-refractivity contribution in [2.45, 2.75) is 38.4 Å². The van der Waals surface area contributed by atoms with E-state index in [2.05, 4.69) is 9.97 Å². The van der Waals surface area contributed by atoms with Crippen LogP contribution in [0.3, 0.4) is 0 Å². The first-order valence-electron chi connectivity index (χ1n) is 9.76. The molecule has 6 nitrogen and oxygen atoms in total. The van der Waals surface area contributed by atoms with Crippen LogP contribution in [0.4, 0.5) is 0 Å². The number of hydrogen-bond donors (Lipinski definition) is 1. The molecule has 0 amide bonds. The number of carbonyl (C=O) groups is 1. The highest BCUT2D eigenvalue weighted by molar-refractivity contribution is 5.74. The van der Waals surface area contributed by atoms with Crippen LogP contribution < -0.4 is 4.74 Å². The number of carboxylic acid groups (broad SMARTS) is 1. The van der Waals surface area contributed by atoms with Crippen LogP contribution in [0, 0.1) is 13.8 Å². The Bertz CT molecular complexity index is 915. The molecule has 1 N–H and O–H groups in total. The average molecular weight is 406 g/mol. The second-order valence-corrected chi connectivity index (χ2v) is 7.36. The Morgan fingerprint density at radius 2 is 1.40 bits per heavy atom. The van der Waals surface area contributed by atoms with E-state index in [0.29, 0.717) is 24.2 Å². The molecule has 1 unspecified atom stereocenters. The second-order valence-electron chi connectivity index (χ2n) is 7.36. The summed E-state index contributed by atoms with van der Waals surface area (Å²) in [6.07, 6.45) is -0.619. The van der Waals surface area contributed by atoms with E-state index in [0.717, 1.165) is 11.1 Å². The van der Waals surface area contributed by atoms with Crippen molar-refractivity contribution in [1.29, 1.82) is 0 Å². The molecule has 0 saturated heterocycles. The Morgan fingerprint density at radius 3 is 1.80 bits per heavy atom. The number of aliphatic carboxylic acids is 1. The van der Waals surface area contributed by atoms with Crippen molar-refractivity contribution in [3.8, 4) is 6.01 Å². The number of aromatic nitrogens is 2. The van der Waals surface area contributed by atoms with Crippen LogP contribution in [0.25, 0.3) is 0 Å². The number of hydrogen-bond acceptors (Lipinski definition) is 5. The smallest absolute Gasteiger partial charge is 0.348 e. The van der Waals surface area contributed by atoms with E-state index >= 15 is 0 Å². The molecule has 3 rings (SSSR count). The van der Waals surface area contributed by atoms with Gasteiger partial charge in [0, 0.05) is 31.3 Å². The zero-order valence-corrected chi connectivity index (χ0v) is 17.4. The highest BCUT2D eigenvalue weighted by atomic mass is 16.6. The summed E-state index contributed by atoms with van der Waals surface area (Å²) in [6, 6.07) is 21.1. The molecular formula is C24H26N2O4. The third-order valence-corrected chi connectivity index (χ3v) is 4.99. The molecule has 0 spiro atoms. The van der Waals surface area contributed by atoms with Crippen LogP contribution in [-0.2, 0) is 22.4 Å². The third-order valence-electron chi connectivity index (χ3n) is 4.99. The summed E-state index contributed by atoms with van der Waals surface area (Å²) in [4.78, 5) is 20.9. The van der Waals surface area contributed by atoms with Gasteiger partial charge >= 0.3 is 12.0 Å². The third kappa shape index (κ3) is 5.21. The molecule has 0 bridgehead atoms. The van der Waals surface area contributed by atoms with Crippen molar-refractivity contribution < 1.29 is 19.4 Å². The van der Waals surface area contributed by atoms with Crippen molar-refractivity contribution in [1.82, 2.24) is 9.97 Å². The summed E-state index contributed by atoms with van der Waals surface area (Å²) in [5.74, 6) is -1.13. The Hall–Kier alpha value is -3.25. The molecule has 156 valence electrons. The Balaban J connectivity index is 2.04. The molecule has 0 fully saturated rings. The van der Waals surface area contributed by atoms with Gasteiger partial charge in [-0.1, -0.05) is 60.7 Å². The zero-order valence-electron chi connectivity index (χ0n) is 17.4. The van der Waals surface area contributed by atoms with Crippen molar-refractivity contribution in [2.75, 3.05) is 7.11 Å². The maximum atomic E-state index is 12.4. The number of methoxy groups -OCH3 is 1. The Labute approximate surface area is 176 Å². The summed E-state index contributed by atoms with van der Waals surface area (Å²) < 4.78 is 11.8. The SMILES string of the molecule is COC(Cc1ccccc1)(Cc1ccccc1)C(Oc1nc(C)cc(C)n1)C(=O)O. The highest BCUT2D eigenvalue weighted by Crippen LogP contribution is 2.29. The number of nitrogens with zero attached hydrogens (tertiary/aromatic N) is 2. The standard InChI is InChI=1S/C24H26N2O4/c1-17-14-18(2)26-23(25-17)30-21(22(27)28)24(29-3,15-19-10-6-4-7-11-19)16-20-12-8-5-9-13-20/h4-14,21H,15-16H2,1-3H3,(H,27,28). The number of ether oxygens (including phenoxy) is 2. The van der Waals surface area contributed by atoms with Crippen molar-refractivity contribution in [2.24, 2.45) is 0 Å². The predicted molar refractivity (Wildman–Crippen MR) is 114 cm³/mol. The monoisotopic (exact) mass is 406 g/mol. The van der Waals surface area contributed by atoms with Gasteiger partial charge in [-0.25, -0.2) is 14.8 Å². The van der Waals surface area contributed by atoms with Crippen LogP contribution in [-0.4, -0.2) is 39.9 Å². The van der Waals surface area contributed by atoms with Crippen LogP contribution in [0.1, 0.15) is 22.5 Å². The molecule has 0 aliphatic rings. The van der Waals surface area contributed by atoms with Gasteiger partial charge in [-0.05, 0) is 31.0 Å². The van der Waals surface area contributed by atoms with E-state index in [-0.39, 0.29) is 6.01 Å². The van der Waals surface area contributed by atoms with Crippen LogP contribution in [0.15, 0.2) is 66.7 Å². The van der Waals surface area contributed by atoms with Crippen LogP contribution in [0.2, 0.25) is 0 Å². The lowest BCUT2D eigenvalue weighted by Crippen LogP contribution is -2.55. The molecule has 30 heavy (non-hydrogen) atoms. The molecule has 1 atom stereocenters. The quantitative estimate of drug-likeness (QED) is 0.582. The summed E-state index contributed by atoms with van der Waals surface area (Å²) in [7, 11) is 1.52. The lowest BCUT2D eigenvalue weighted by molar-refractivity contribution is -0.164. The predicted octanol–water partition coefficient (Wildman–Crippen LogP) is 3.80. The Morgan fingerprint density at radius 1 is 0.933 bits per heavy atom. The summed E-state index contributed by atoms with van der Waals surface area (Å²) in [5.41, 5.74) is 2.14. The van der Waals surface area contributed by atoms with Gasteiger partial charge in [0.25, 0.3) is 0 Å². The summed E-state index contributed by atoms with van der Waals surface area (Å²) in [6.45, 7) is 3.63. The minimum absolute atomic E-state index is 0.0300. The van der Waals surface area contributed by atoms with E-state index in [9.17, 15) is 9.90 Å². The van der Waals surface area contributed by atoms with Crippen molar-refractivity contribution in [3.05, 3.63) is 89.2 Å². The fourth-order valence-corrected chi connectivity index (χ4v) is 3.62. The van der Waals surface area contributed by atoms with E-state index in [1.807, 2.05) is 74.5 Å². The number of rotatable bonds is 9. The second kappa shape index (κ2) is 9.50. The zero-order chi connectivity index (χ0) is 21.6. The molecule has 0 saturated carbocycles. The number of benzene rings is 2. The molecule has 2 aromatic carbocycles.